The monoisotopic (exact) mass is 500 g/mol. The maximum atomic E-state index is 13.1. The Hall–Kier alpha value is -3.72. The minimum atomic E-state index is -2.79. The van der Waals surface area contributed by atoms with Gasteiger partial charge in [0.25, 0.3) is 5.91 Å². The number of hydrogen-bond donors (Lipinski definition) is 1. The molecule has 4 nitrogen and oxygen atoms in total. The van der Waals surface area contributed by atoms with E-state index in [0.717, 1.165) is 15.9 Å². The second-order valence-corrected chi connectivity index (χ2v) is 11.6. The Morgan fingerprint density at radius 2 is 1.03 bits per heavy atom. The van der Waals surface area contributed by atoms with E-state index in [0.29, 0.717) is 5.56 Å². The van der Waals surface area contributed by atoms with E-state index in [1.165, 1.54) is 7.11 Å². The van der Waals surface area contributed by atoms with Crippen molar-refractivity contribution in [2.24, 2.45) is 0 Å². The fourth-order valence-electron chi connectivity index (χ4n) is 3.97. The van der Waals surface area contributed by atoms with Gasteiger partial charge < -0.3 is 10.1 Å². The summed E-state index contributed by atoms with van der Waals surface area (Å²) >= 11 is 7.29. The zero-order chi connectivity index (χ0) is 24.7. The van der Waals surface area contributed by atoms with Crippen LogP contribution >= 0.6 is 18.9 Å². The molecule has 0 fully saturated rings. The van der Waals surface area contributed by atoms with E-state index in [2.05, 4.69) is 5.32 Å². The lowest BCUT2D eigenvalue weighted by Crippen LogP contribution is -2.35. The van der Waals surface area contributed by atoms with Gasteiger partial charge in [0, 0.05) is 5.56 Å². The molecular formula is C29H24ClNO3P+. The van der Waals surface area contributed by atoms with Crippen LogP contribution in [0, 0.1) is 0 Å². The zero-order valence-electron chi connectivity index (χ0n) is 19.1. The van der Waals surface area contributed by atoms with Gasteiger partial charge in [0.2, 0.25) is 4.77 Å². The molecule has 6 heteroatoms. The number of carbonyl (C=O) groups excluding carboxylic acids is 2. The summed E-state index contributed by atoms with van der Waals surface area (Å²) in [5, 5.41) is 5.59. The fourth-order valence-corrected chi connectivity index (χ4v) is 8.89. The molecule has 1 N–H and O–H groups in total. The topological polar surface area (TPSA) is 55.4 Å². The highest BCUT2D eigenvalue weighted by atomic mass is 35.5. The zero-order valence-corrected chi connectivity index (χ0v) is 20.7. The molecule has 0 bridgehead atoms. The van der Waals surface area contributed by atoms with Crippen molar-refractivity contribution < 1.29 is 14.3 Å². The van der Waals surface area contributed by atoms with Crippen molar-refractivity contribution in [3.05, 3.63) is 137 Å². The summed E-state index contributed by atoms with van der Waals surface area (Å²) in [6.07, 6.45) is 0. The van der Waals surface area contributed by atoms with E-state index in [1.54, 1.807) is 24.3 Å². The highest BCUT2D eigenvalue weighted by molar-refractivity contribution is 8.00. The molecule has 0 aliphatic rings. The van der Waals surface area contributed by atoms with Crippen LogP contribution < -0.4 is 21.2 Å². The smallest absolute Gasteiger partial charge is 0.359 e. The first-order chi connectivity index (χ1) is 17.1. The molecule has 0 spiro atoms. The van der Waals surface area contributed by atoms with E-state index in [-0.39, 0.29) is 10.5 Å². The van der Waals surface area contributed by atoms with Crippen LogP contribution in [0.25, 0.3) is 0 Å². The number of nitrogens with one attached hydrogen (secondary N) is 1. The lowest BCUT2D eigenvalue weighted by atomic mass is 10.2. The average molecular weight is 501 g/mol. The van der Waals surface area contributed by atoms with Crippen molar-refractivity contribution in [1.82, 2.24) is 5.32 Å². The SMILES string of the molecule is COC(=O)C(NC(=O)c1ccccc1)=C(Cl)[P+](c1ccccc1)(c1ccccc1)c1ccccc1. The Morgan fingerprint density at radius 3 is 1.40 bits per heavy atom. The first-order valence-corrected chi connectivity index (χ1v) is 13.2. The largest absolute Gasteiger partial charge is 0.464 e. The van der Waals surface area contributed by atoms with E-state index >= 15 is 0 Å². The van der Waals surface area contributed by atoms with Gasteiger partial charge in [0.05, 0.1) is 7.11 Å². The van der Waals surface area contributed by atoms with Crippen LogP contribution in [-0.4, -0.2) is 19.0 Å². The second-order valence-electron chi connectivity index (χ2n) is 7.66. The van der Waals surface area contributed by atoms with Gasteiger partial charge in [-0.25, -0.2) is 4.79 Å². The van der Waals surface area contributed by atoms with Gasteiger partial charge in [-0.15, -0.1) is 0 Å². The van der Waals surface area contributed by atoms with Crippen molar-refractivity contribution in [1.29, 1.82) is 0 Å². The minimum Gasteiger partial charge on any atom is -0.464 e. The summed E-state index contributed by atoms with van der Waals surface area (Å²) < 4.78 is 5.33. The Kier molecular flexibility index (Phi) is 7.77. The first-order valence-electron chi connectivity index (χ1n) is 11.0. The molecule has 35 heavy (non-hydrogen) atoms. The van der Waals surface area contributed by atoms with E-state index in [4.69, 9.17) is 16.3 Å². The van der Waals surface area contributed by atoms with Crippen molar-refractivity contribution in [2.45, 2.75) is 0 Å². The summed E-state index contributed by atoms with van der Waals surface area (Å²) in [5.41, 5.74) is 0.328. The van der Waals surface area contributed by atoms with Gasteiger partial charge in [0.1, 0.15) is 15.9 Å². The Morgan fingerprint density at radius 1 is 0.657 bits per heavy atom. The number of hydrogen-bond acceptors (Lipinski definition) is 3. The first kappa shape index (κ1) is 24.4. The molecule has 4 aromatic rings. The molecule has 174 valence electrons. The summed E-state index contributed by atoms with van der Waals surface area (Å²) in [7, 11) is -1.51. The lowest BCUT2D eigenvalue weighted by Gasteiger charge is -2.27. The third-order valence-electron chi connectivity index (χ3n) is 5.60. The number of rotatable bonds is 7. The predicted octanol–water partition coefficient (Wildman–Crippen LogP) is 4.99. The molecule has 0 saturated heterocycles. The molecule has 4 aromatic carbocycles. The lowest BCUT2D eigenvalue weighted by molar-refractivity contribution is -0.136. The van der Waals surface area contributed by atoms with Crippen LogP contribution in [0.4, 0.5) is 0 Å². The van der Waals surface area contributed by atoms with Crippen molar-refractivity contribution in [3.8, 4) is 0 Å². The molecule has 0 radical (unpaired) electrons. The number of carbonyl (C=O) groups is 2. The van der Waals surface area contributed by atoms with Crippen LogP contribution in [0.1, 0.15) is 10.4 Å². The number of methoxy groups -OCH3 is 1. The Labute approximate surface area is 210 Å². The van der Waals surface area contributed by atoms with Crippen molar-refractivity contribution in [2.75, 3.05) is 7.11 Å². The van der Waals surface area contributed by atoms with Gasteiger partial charge in [-0.05, 0) is 60.1 Å². The van der Waals surface area contributed by atoms with Crippen LogP contribution in [0.15, 0.2) is 132 Å². The summed E-state index contributed by atoms with van der Waals surface area (Å²) in [4.78, 5) is 26.2. The van der Waals surface area contributed by atoms with E-state index in [1.807, 2.05) is 97.1 Å². The van der Waals surface area contributed by atoms with Crippen molar-refractivity contribution >= 4 is 46.7 Å². The average Bonchev–Trinajstić information content (AvgIpc) is 2.94. The molecule has 1 amide bonds. The minimum absolute atomic E-state index is 0.0760. The Bertz CT molecular complexity index is 1230. The number of benzene rings is 4. The second kappa shape index (κ2) is 11.1. The maximum Gasteiger partial charge on any atom is 0.359 e. The van der Waals surface area contributed by atoms with Crippen molar-refractivity contribution in [3.63, 3.8) is 0 Å². The van der Waals surface area contributed by atoms with Crippen LogP contribution in [-0.2, 0) is 9.53 Å². The normalized spacial score (nSPS) is 11.8. The molecular weight excluding hydrogens is 477 g/mol. The summed E-state index contributed by atoms with van der Waals surface area (Å²) in [5.74, 6) is -1.16. The highest BCUT2D eigenvalue weighted by Gasteiger charge is 2.52. The van der Waals surface area contributed by atoms with Gasteiger partial charge in [0.15, 0.2) is 13.0 Å². The molecule has 0 aliphatic carbocycles. The number of amides is 1. The highest BCUT2D eigenvalue weighted by Crippen LogP contribution is 2.64. The van der Waals surface area contributed by atoms with Crippen LogP contribution in [0.2, 0.25) is 0 Å². The molecule has 0 aromatic heterocycles. The third-order valence-corrected chi connectivity index (χ3v) is 10.6. The molecule has 0 heterocycles. The molecule has 0 aliphatic heterocycles. The fraction of sp³-hybridized carbons (Fsp3) is 0.0345. The summed E-state index contributed by atoms with van der Waals surface area (Å²) in [6.45, 7) is 0. The quantitative estimate of drug-likeness (QED) is 0.221. The summed E-state index contributed by atoms with van der Waals surface area (Å²) in [6, 6.07) is 38.2. The number of esters is 1. The van der Waals surface area contributed by atoms with Gasteiger partial charge >= 0.3 is 5.97 Å². The van der Waals surface area contributed by atoms with Crippen LogP contribution in [0.3, 0.4) is 0 Å². The van der Waals surface area contributed by atoms with Crippen LogP contribution in [0.5, 0.6) is 0 Å². The number of ether oxygens (including phenoxy) is 1. The molecule has 4 rings (SSSR count). The Balaban J connectivity index is 2.04. The molecule has 0 saturated carbocycles. The molecule has 0 unspecified atom stereocenters. The molecule has 0 atom stereocenters. The van der Waals surface area contributed by atoms with Gasteiger partial charge in [-0.1, -0.05) is 72.8 Å². The van der Waals surface area contributed by atoms with E-state index in [9.17, 15) is 9.59 Å². The van der Waals surface area contributed by atoms with E-state index < -0.39 is 19.1 Å². The maximum absolute atomic E-state index is 13.1. The van der Waals surface area contributed by atoms with Gasteiger partial charge in [-0.2, -0.15) is 0 Å². The third kappa shape index (κ3) is 4.90. The van der Waals surface area contributed by atoms with Gasteiger partial charge in [-0.3, -0.25) is 4.79 Å². The number of halogens is 1. The standard InChI is InChI=1S/C29H23ClNO3P/c1-34-29(33)26(31-28(32)22-14-6-2-7-15-22)27(30)35(23-16-8-3-9-17-23,24-18-10-4-11-19-24)25-20-12-5-13-21-25/h2-21H,1H3/p+1. The predicted molar refractivity (Wildman–Crippen MR) is 144 cm³/mol.